The quantitative estimate of drug-likeness (QED) is 0.500. The van der Waals surface area contributed by atoms with Crippen LogP contribution in [0.2, 0.25) is 5.02 Å². The van der Waals surface area contributed by atoms with Crippen LogP contribution in [0.4, 0.5) is 23.1 Å². The van der Waals surface area contributed by atoms with Crippen molar-refractivity contribution in [3.8, 4) is 5.75 Å². The van der Waals surface area contributed by atoms with Gasteiger partial charge < -0.3 is 26.0 Å². The first-order chi connectivity index (χ1) is 16.9. The molecule has 2 heterocycles. The molecule has 5 rings (SSSR count). The highest BCUT2D eigenvalue weighted by Gasteiger charge is 2.47. The van der Waals surface area contributed by atoms with Crippen LogP contribution in [0.1, 0.15) is 31.7 Å². The second kappa shape index (κ2) is 9.37. The van der Waals surface area contributed by atoms with E-state index in [1.807, 2.05) is 24.0 Å². The van der Waals surface area contributed by atoms with Gasteiger partial charge in [-0.3, -0.25) is 9.59 Å². The third-order valence-electron chi connectivity index (χ3n) is 7.20. The van der Waals surface area contributed by atoms with E-state index in [9.17, 15) is 9.59 Å². The Kier molecular flexibility index (Phi) is 6.27. The van der Waals surface area contributed by atoms with E-state index in [1.165, 1.54) is 0 Å². The molecule has 2 bridgehead atoms. The molecule has 4 atom stereocenters. The maximum absolute atomic E-state index is 12.2. The van der Waals surface area contributed by atoms with Gasteiger partial charge in [-0.25, -0.2) is 4.98 Å². The Hall–Kier alpha value is -3.33. The van der Waals surface area contributed by atoms with Crippen LogP contribution >= 0.6 is 11.6 Å². The zero-order valence-corrected chi connectivity index (χ0v) is 20.5. The van der Waals surface area contributed by atoms with Crippen molar-refractivity contribution in [3.63, 3.8) is 0 Å². The normalized spacial score (nSPS) is 24.5. The number of benzene rings is 1. The molecule has 184 valence electrons. The fourth-order valence-electron chi connectivity index (χ4n) is 5.53. The average molecular weight is 497 g/mol. The van der Waals surface area contributed by atoms with Crippen molar-refractivity contribution in [3.05, 3.63) is 41.1 Å². The second-order valence-corrected chi connectivity index (χ2v) is 9.65. The molecule has 4 N–H and O–H groups in total. The number of primary amides is 1. The van der Waals surface area contributed by atoms with Crippen molar-refractivity contribution in [1.82, 2.24) is 9.97 Å². The molecule has 10 heteroatoms. The lowest BCUT2D eigenvalue weighted by atomic mass is 9.88. The van der Waals surface area contributed by atoms with Crippen molar-refractivity contribution in [1.29, 1.82) is 0 Å². The standard InChI is InChI=1S/C25H29ClN6O3/c1-3-32(18-10-13-5-4-6-20(33)29-17(13)11-19(18)35-2)25-28-12-16(26)24(31-25)30-22-15-8-7-14(9-15)21(22)23(27)34/h7-8,10-12,14-15,21-22H,3-6,9H2,1-2H3,(H2,27,34)(H,29,33)(H,28,30,31). The molecule has 1 fully saturated rings. The minimum atomic E-state index is -0.318. The Morgan fingerprint density at radius 2 is 2.11 bits per heavy atom. The van der Waals surface area contributed by atoms with E-state index in [-0.39, 0.29) is 35.6 Å². The number of ether oxygens (including phenoxy) is 1. The van der Waals surface area contributed by atoms with Gasteiger partial charge in [-0.2, -0.15) is 4.98 Å². The van der Waals surface area contributed by atoms with Crippen LogP contribution in [-0.2, 0) is 16.0 Å². The molecule has 0 spiro atoms. The summed E-state index contributed by atoms with van der Waals surface area (Å²) in [5.41, 5.74) is 8.33. The van der Waals surface area contributed by atoms with E-state index in [0.717, 1.165) is 36.2 Å². The molecule has 2 aliphatic carbocycles. The summed E-state index contributed by atoms with van der Waals surface area (Å²) in [5, 5.41) is 6.73. The summed E-state index contributed by atoms with van der Waals surface area (Å²) >= 11 is 6.48. The number of fused-ring (bicyclic) bond motifs is 3. The van der Waals surface area contributed by atoms with Crippen molar-refractivity contribution >= 4 is 46.6 Å². The molecule has 2 amide bonds. The molecule has 1 aromatic carbocycles. The van der Waals surface area contributed by atoms with Crippen LogP contribution < -0.4 is 26.0 Å². The van der Waals surface area contributed by atoms with Gasteiger partial charge in [0.05, 0.1) is 24.9 Å². The van der Waals surface area contributed by atoms with Crippen LogP contribution in [-0.4, -0.2) is 41.5 Å². The number of amides is 2. The van der Waals surface area contributed by atoms with Gasteiger partial charge in [0.25, 0.3) is 0 Å². The number of methoxy groups -OCH3 is 1. The summed E-state index contributed by atoms with van der Waals surface area (Å²) in [6.07, 6.45) is 8.72. The van der Waals surface area contributed by atoms with Gasteiger partial charge in [0.2, 0.25) is 17.8 Å². The molecule has 1 saturated carbocycles. The van der Waals surface area contributed by atoms with Crippen LogP contribution in [0.5, 0.6) is 5.75 Å². The molecule has 4 unspecified atom stereocenters. The minimum absolute atomic E-state index is 0.00683. The summed E-state index contributed by atoms with van der Waals surface area (Å²) in [4.78, 5) is 35.4. The highest BCUT2D eigenvalue weighted by molar-refractivity contribution is 6.32. The van der Waals surface area contributed by atoms with E-state index >= 15 is 0 Å². The lowest BCUT2D eigenvalue weighted by Gasteiger charge is -2.28. The number of rotatable bonds is 7. The fourth-order valence-corrected chi connectivity index (χ4v) is 5.68. The Balaban J connectivity index is 1.49. The predicted molar refractivity (Wildman–Crippen MR) is 135 cm³/mol. The third kappa shape index (κ3) is 4.29. The SMILES string of the molecule is CCN(c1ncc(Cl)c(NC2C3C=CC(C3)C2C(N)=O)n1)c1cc2c(cc1OC)NC(=O)CCC2. The lowest BCUT2D eigenvalue weighted by molar-refractivity contribution is -0.122. The number of nitrogens with two attached hydrogens (primary N) is 1. The molecule has 3 aliphatic rings. The number of nitrogens with zero attached hydrogens (tertiary/aromatic N) is 3. The zero-order valence-electron chi connectivity index (χ0n) is 19.8. The van der Waals surface area contributed by atoms with Crippen LogP contribution in [0.15, 0.2) is 30.5 Å². The Labute approximate surface area is 209 Å². The van der Waals surface area contributed by atoms with E-state index in [4.69, 9.17) is 27.1 Å². The number of aromatic nitrogens is 2. The number of halogens is 1. The Bertz CT molecular complexity index is 1200. The first-order valence-corrected chi connectivity index (χ1v) is 12.3. The van der Waals surface area contributed by atoms with E-state index < -0.39 is 0 Å². The van der Waals surface area contributed by atoms with Crippen LogP contribution in [0, 0.1) is 17.8 Å². The first-order valence-electron chi connectivity index (χ1n) is 11.9. The molecule has 1 aliphatic heterocycles. The van der Waals surface area contributed by atoms with Crippen molar-refractivity contribution in [2.24, 2.45) is 23.5 Å². The molecule has 0 radical (unpaired) electrons. The molecule has 2 aromatic rings. The van der Waals surface area contributed by atoms with E-state index in [0.29, 0.717) is 35.5 Å². The van der Waals surface area contributed by atoms with Gasteiger partial charge in [0, 0.05) is 30.8 Å². The van der Waals surface area contributed by atoms with Gasteiger partial charge in [-0.15, -0.1) is 0 Å². The van der Waals surface area contributed by atoms with E-state index in [1.54, 1.807) is 13.3 Å². The van der Waals surface area contributed by atoms with Crippen LogP contribution in [0.3, 0.4) is 0 Å². The number of nitrogens with one attached hydrogen (secondary N) is 2. The average Bonchev–Trinajstić information content (AvgIpc) is 3.39. The number of hydrogen-bond donors (Lipinski definition) is 3. The number of allylic oxidation sites excluding steroid dienone is 1. The Morgan fingerprint density at radius 3 is 2.86 bits per heavy atom. The van der Waals surface area contributed by atoms with Crippen molar-refractivity contribution in [2.45, 2.75) is 38.6 Å². The third-order valence-corrected chi connectivity index (χ3v) is 7.48. The molecule has 0 saturated heterocycles. The van der Waals surface area contributed by atoms with Gasteiger partial charge in [0.15, 0.2) is 5.82 Å². The summed E-state index contributed by atoms with van der Waals surface area (Å²) in [5.74, 6) is 1.25. The summed E-state index contributed by atoms with van der Waals surface area (Å²) < 4.78 is 5.68. The highest BCUT2D eigenvalue weighted by Crippen LogP contribution is 2.45. The van der Waals surface area contributed by atoms with Gasteiger partial charge in [0.1, 0.15) is 10.8 Å². The maximum Gasteiger partial charge on any atom is 0.232 e. The predicted octanol–water partition coefficient (Wildman–Crippen LogP) is 3.66. The molecular formula is C25H29ClN6O3. The largest absolute Gasteiger partial charge is 0.494 e. The zero-order chi connectivity index (χ0) is 24.7. The molecule has 9 nitrogen and oxygen atoms in total. The topological polar surface area (TPSA) is 122 Å². The smallest absolute Gasteiger partial charge is 0.232 e. The Morgan fingerprint density at radius 1 is 1.31 bits per heavy atom. The van der Waals surface area contributed by atoms with E-state index in [2.05, 4.69) is 27.8 Å². The first kappa shape index (κ1) is 23.4. The second-order valence-electron chi connectivity index (χ2n) is 9.24. The number of carbonyl (C=O) groups is 2. The number of aryl methyl sites for hydroxylation is 1. The van der Waals surface area contributed by atoms with Crippen LogP contribution in [0.25, 0.3) is 0 Å². The lowest BCUT2D eigenvalue weighted by Crippen LogP contribution is -2.41. The monoisotopic (exact) mass is 496 g/mol. The van der Waals surface area contributed by atoms with Crippen molar-refractivity contribution in [2.75, 3.05) is 29.2 Å². The molecular weight excluding hydrogens is 468 g/mol. The maximum atomic E-state index is 12.2. The van der Waals surface area contributed by atoms with Gasteiger partial charge in [-0.1, -0.05) is 23.8 Å². The summed E-state index contributed by atoms with van der Waals surface area (Å²) in [6.45, 7) is 2.57. The fraction of sp³-hybridized carbons (Fsp3) is 0.440. The summed E-state index contributed by atoms with van der Waals surface area (Å²) in [7, 11) is 1.60. The number of anilines is 4. The van der Waals surface area contributed by atoms with Crippen molar-refractivity contribution < 1.29 is 14.3 Å². The van der Waals surface area contributed by atoms with Gasteiger partial charge >= 0.3 is 0 Å². The number of hydrogen-bond acceptors (Lipinski definition) is 7. The van der Waals surface area contributed by atoms with Gasteiger partial charge in [-0.05, 0) is 49.7 Å². The minimum Gasteiger partial charge on any atom is -0.494 e. The molecule has 35 heavy (non-hydrogen) atoms. The summed E-state index contributed by atoms with van der Waals surface area (Å²) in [6, 6.07) is 3.71. The highest BCUT2D eigenvalue weighted by atomic mass is 35.5. The number of carbonyl (C=O) groups excluding carboxylic acids is 2. The molecule has 1 aromatic heterocycles.